The molecular weight excluding hydrogens is 285 g/mol. The summed E-state index contributed by atoms with van der Waals surface area (Å²) in [4.78, 5) is 15.5. The highest BCUT2D eigenvalue weighted by Crippen LogP contribution is 2.27. The number of hydrogen-bond donors (Lipinski definition) is 2. The first kappa shape index (κ1) is 14.1. The van der Waals surface area contributed by atoms with Crippen LogP contribution >= 0.6 is 11.6 Å². The summed E-state index contributed by atoms with van der Waals surface area (Å²) in [6, 6.07) is 5.55. The van der Waals surface area contributed by atoms with Crippen molar-refractivity contribution < 1.29 is 13.9 Å². The summed E-state index contributed by atoms with van der Waals surface area (Å²) in [6.07, 6.45) is 1.37. The van der Waals surface area contributed by atoms with E-state index in [1.807, 2.05) is 0 Å². The molecule has 0 spiro atoms. The molecule has 0 amide bonds. The van der Waals surface area contributed by atoms with E-state index in [1.165, 1.54) is 31.5 Å². The van der Waals surface area contributed by atoms with E-state index < -0.39 is 11.8 Å². The summed E-state index contributed by atoms with van der Waals surface area (Å²) in [5, 5.41) is 2.98. The average Bonchev–Trinajstić information content (AvgIpc) is 2.43. The minimum atomic E-state index is -0.593. The van der Waals surface area contributed by atoms with Crippen LogP contribution in [0.2, 0.25) is 5.02 Å². The van der Waals surface area contributed by atoms with Gasteiger partial charge in [0.15, 0.2) is 5.82 Å². The van der Waals surface area contributed by atoms with Crippen molar-refractivity contribution in [2.24, 2.45) is 0 Å². The fourth-order valence-electron chi connectivity index (χ4n) is 1.58. The van der Waals surface area contributed by atoms with Crippen molar-refractivity contribution in [1.29, 1.82) is 0 Å². The lowest BCUT2D eigenvalue weighted by atomic mass is 10.2. The summed E-state index contributed by atoms with van der Waals surface area (Å²) in [5.74, 6) is -0.985. The Kier molecular flexibility index (Phi) is 4.05. The molecule has 7 heteroatoms. The van der Waals surface area contributed by atoms with Crippen LogP contribution in [-0.4, -0.2) is 18.1 Å². The molecule has 0 aliphatic carbocycles. The zero-order valence-electron chi connectivity index (χ0n) is 10.5. The van der Waals surface area contributed by atoms with E-state index >= 15 is 0 Å². The molecule has 2 aromatic rings. The molecule has 0 aliphatic rings. The van der Waals surface area contributed by atoms with Gasteiger partial charge >= 0.3 is 5.97 Å². The fourth-order valence-corrected chi connectivity index (χ4v) is 1.74. The summed E-state index contributed by atoms with van der Waals surface area (Å²) in [5.41, 5.74) is 6.19. The van der Waals surface area contributed by atoms with Gasteiger partial charge in [0.2, 0.25) is 0 Å². The van der Waals surface area contributed by atoms with Gasteiger partial charge in [-0.25, -0.2) is 14.2 Å². The number of benzene rings is 1. The molecule has 0 saturated heterocycles. The van der Waals surface area contributed by atoms with E-state index in [2.05, 4.69) is 15.0 Å². The number of ether oxygens (including phenoxy) is 1. The van der Waals surface area contributed by atoms with E-state index in [9.17, 15) is 9.18 Å². The van der Waals surface area contributed by atoms with Crippen molar-refractivity contribution >= 4 is 34.8 Å². The van der Waals surface area contributed by atoms with Crippen LogP contribution in [0.4, 0.5) is 21.6 Å². The Bertz CT molecular complexity index is 664. The van der Waals surface area contributed by atoms with Crippen LogP contribution in [0.5, 0.6) is 0 Å². The second-order valence-electron chi connectivity index (χ2n) is 3.86. The Morgan fingerprint density at radius 3 is 2.85 bits per heavy atom. The van der Waals surface area contributed by atoms with Gasteiger partial charge in [-0.3, -0.25) is 0 Å². The van der Waals surface area contributed by atoms with Crippen LogP contribution < -0.4 is 11.1 Å². The Balaban J connectivity index is 2.37. The van der Waals surface area contributed by atoms with E-state index in [-0.39, 0.29) is 27.8 Å². The van der Waals surface area contributed by atoms with Gasteiger partial charge in [-0.15, -0.1) is 0 Å². The zero-order chi connectivity index (χ0) is 14.7. The van der Waals surface area contributed by atoms with Crippen molar-refractivity contribution in [2.75, 3.05) is 18.2 Å². The number of anilines is 3. The predicted molar refractivity (Wildman–Crippen MR) is 74.7 cm³/mol. The predicted octanol–water partition coefficient (Wildman–Crippen LogP) is 2.99. The van der Waals surface area contributed by atoms with Gasteiger partial charge in [0.05, 0.1) is 24.0 Å². The zero-order valence-corrected chi connectivity index (χ0v) is 11.2. The smallest absolute Gasteiger partial charge is 0.340 e. The highest BCUT2D eigenvalue weighted by molar-refractivity contribution is 6.30. The molecule has 0 bridgehead atoms. The molecule has 0 aliphatic heterocycles. The van der Waals surface area contributed by atoms with Crippen molar-refractivity contribution in [2.45, 2.75) is 0 Å². The largest absolute Gasteiger partial charge is 0.465 e. The number of hydrogen-bond acceptors (Lipinski definition) is 5. The molecule has 104 valence electrons. The number of nitrogens with one attached hydrogen (secondary N) is 1. The average molecular weight is 296 g/mol. The van der Waals surface area contributed by atoms with Gasteiger partial charge in [0.25, 0.3) is 0 Å². The Labute approximate surface area is 119 Å². The molecule has 0 atom stereocenters. The van der Waals surface area contributed by atoms with E-state index in [0.29, 0.717) is 0 Å². The lowest BCUT2D eigenvalue weighted by molar-refractivity contribution is 0.0602. The Hall–Kier alpha value is -2.34. The topological polar surface area (TPSA) is 77.2 Å². The number of methoxy groups -OCH3 is 1. The molecule has 0 saturated carbocycles. The van der Waals surface area contributed by atoms with Gasteiger partial charge in [0, 0.05) is 11.2 Å². The molecule has 0 unspecified atom stereocenters. The third-order valence-corrected chi connectivity index (χ3v) is 2.81. The first-order valence-electron chi connectivity index (χ1n) is 5.57. The van der Waals surface area contributed by atoms with Crippen molar-refractivity contribution in [3.8, 4) is 0 Å². The first-order chi connectivity index (χ1) is 9.52. The molecule has 0 radical (unpaired) electrons. The maximum absolute atomic E-state index is 13.7. The summed E-state index contributed by atoms with van der Waals surface area (Å²) in [7, 11) is 1.24. The lowest BCUT2D eigenvalue weighted by Crippen LogP contribution is -2.09. The summed E-state index contributed by atoms with van der Waals surface area (Å²) in [6.45, 7) is 0. The SMILES string of the molecule is COC(=O)c1ccnc(Nc2ccc(Cl)cc2F)c1N. The number of pyridine rings is 1. The maximum atomic E-state index is 13.7. The number of nitrogens with zero attached hydrogens (tertiary/aromatic N) is 1. The Morgan fingerprint density at radius 1 is 1.45 bits per heavy atom. The third-order valence-electron chi connectivity index (χ3n) is 2.58. The van der Waals surface area contributed by atoms with E-state index in [1.54, 1.807) is 0 Å². The molecule has 20 heavy (non-hydrogen) atoms. The van der Waals surface area contributed by atoms with Crippen LogP contribution in [0, 0.1) is 5.82 Å². The first-order valence-corrected chi connectivity index (χ1v) is 5.95. The minimum absolute atomic E-state index is 0.0775. The van der Waals surface area contributed by atoms with Gasteiger partial charge in [-0.05, 0) is 24.3 Å². The fraction of sp³-hybridized carbons (Fsp3) is 0.0769. The van der Waals surface area contributed by atoms with Crippen molar-refractivity contribution in [1.82, 2.24) is 4.98 Å². The highest BCUT2D eigenvalue weighted by Gasteiger charge is 2.15. The molecule has 3 N–H and O–H groups in total. The van der Waals surface area contributed by atoms with E-state index in [4.69, 9.17) is 17.3 Å². The van der Waals surface area contributed by atoms with Crippen LogP contribution in [-0.2, 0) is 4.74 Å². The number of carbonyl (C=O) groups excluding carboxylic acids is 1. The van der Waals surface area contributed by atoms with Crippen LogP contribution in [0.1, 0.15) is 10.4 Å². The van der Waals surface area contributed by atoms with Crippen LogP contribution in [0.3, 0.4) is 0 Å². The second-order valence-corrected chi connectivity index (χ2v) is 4.30. The second kappa shape index (κ2) is 5.75. The van der Waals surface area contributed by atoms with Gasteiger partial charge < -0.3 is 15.8 Å². The molecule has 5 nitrogen and oxygen atoms in total. The number of carbonyl (C=O) groups is 1. The third kappa shape index (κ3) is 2.80. The monoisotopic (exact) mass is 295 g/mol. The minimum Gasteiger partial charge on any atom is -0.465 e. The molecular formula is C13H11ClFN3O2. The standard InChI is InChI=1S/C13H11ClFN3O2/c1-20-13(19)8-4-5-17-12(11(8)16)18-10-3-2-7(14)6-9(10)15/h2-6H,16H2,1H3,(H,17,18). The maximum Gasteiger partial charge on any atom is 0.340 e. The van der Waals surface area contributed by atoms with Crippen molar-refractivity contribution in [3.63, 3.8) is 0 Å². The highest BCUT2D eigenvalue weighted by atomic mass is 35.5. The van der Waals surface area contributed by atoms with Gasteiger partial charge in [-0.1, -0.05) is 11.6 Å². The number of esters is 1. The van der Waals surface area contributed by atoms with E-state index in [0.717, 1.165) is 6.07 Å². The molecule has 1 heterocycles. The molecule has 0 fully saturated rings. The number of nitrogen functional groups attached to an aromatic ring is 1. The molecule has 1 aromatic heterocycles. The Morgan fingerprint density at radius 2 is 2.20 bits per heavy atom. The molecule has 2 rings (SSSR count). The number of aromatic nitrogens is 1. The quantitative estimate of drug-likeness (QED) is 0.851. The lowest BCUT2D eigenvalue weighted by Gasteiger charge is -2.11. The molecule has 1 aromatic carbocycles. The van der Waals surface area contributed by atoms with Gasteiger partial charge in [0.1, 0.15) is 5.82 Å². The number of nitrogens with two attached hydrogens (primary N) is 1. The van der Waals surface area contributed by atoms with Crippen LogP contribution in [0.25, 0.3) is 0 Å². The summed E-state index contributed by atoms with van der Waals surface area (Å²) < 4.78 is 18.3. The number of rotatable bonds is 3. The normalized spacial score (nSPS) is 10.2. The van der Waals surface area contributed by atoms with Crippen molar-refractivity contribution in [3.05, 3.63) is 46.9 Å². The number of halogens is 2. The summed E-state index contributed by atoms with van der Waals surface area (Å²) >= 11 is 5.67. The van der Waals surface area contributed by atoms with Gasteiger partial charge in [-0.2, -0.15) is 0 Å². The van der Waals surface area contributed by atoms with Crippen LogP contribution in [0.15, 0.2) is 30.5 Å².